The van der Waals surface area contributed by atoms with Gasteiger partial charge < -0.3 is 19.6 Å². The summed E-state index contributed by atoms with van der Waals surface area (Å²) >= 11 is 0. The summed E-state index contributed by atoms with van der Waals surface area (Å²) < 4.78 is 95.2. The van der Waals surface area contributed by atoms with E-state index in [1.165, 1.54) is 31.0 Å². The first-order chi connectivity index (χ1) is 20.0. The predicted molar refractivity (Wildman–Crippen MR) is 150 cm³/mol. The molecule has 2 aromatic rings. The number of carbonyl (C=O) groups is 1. The third-order valence-electron chi connectivity index (χ3n) is 9.23. The summed E-state index contributed by atoms with van der Waals surface area (Å²) in [7, 11) is 5.56. The van der Waals surface area contributed by atoms with Crippen LogP contribution in [0.15, 0.2) is 36.4 Å². The molecular formula is C31H39F7N4O. The molecule has 238 valence electrons. The maximum atomic E-state index is 14.0. The minimum absolute atomic E-state index is 0.0804. The van der Waals surface area contributed by atoms with Crippen LogP contribution in [0, 0.1) is 12.7 Å². The van der Waals surface area contributed by atoms with E-state index in [4.69, 9.17) is 0 Å². The lowest BCUT2D eigenvalue weighted by molar-refractivity contribution is -0.143. The first-order valence-electron chi connectivity index (χ1n) is 14.5. The van der Waals surface area contributed by atoms with Crippen LogP contribution >= 0.6 is 0 Å². The Kier molecular flexibility index (Phi) is 9.71. The summed E-state index contributed by atoms with van der Waals surface area (Å²) in [6.45, 7) is 5.48. The second-order valence-electron chi connectivity index (χ2n) is 12.0. The third-order valence-corrected chi connectivity index (χ3v) is 9.23. The number of carbonyl (C=O) groups excluding carboxylic acids is 1. The number of benzene rings is 2. The van der Waals surface area contributed by atoms with Crippen LogP contribution in [0.4, 0.5) is 35.5 Å². The fourth-order valence-electron chi connectivity index (χ4n) is 6.37. The molecule has 43 heavy (non-hydrogen) atoms. The quantitative estimate of drug-likeness (QED) is 0.326. The van der Waals surface area contributed by atoms with Crippen LogP contribution in [0.2, 0.25) is 0 Å². The predicted octanol–water partition coefficient (Wildman–Crippen LogP) is 7.52. The van der Waals surface area contributed by atoms with Gasteiger partial charge in [-0.2, -0.15) is 26.3 Å². The molecule has 3 atom stereocenters. The average molecular weight is 617 g/mol. The van der Waals surface area contributed by atoms with Gasteiger partial charge in [-0.1, -0.05) is 6.07 Å². The molecule has 2 unspecified atom stereocenters. The van der Waals surface area contributed by atoms with Crippen molar-refractivity contribution >= 4 is 6.03 Å². The number of piperidine rings is 2. The van der Waals surface area contributed by atoms with E-state index in [2.05, 4.69) is 23.9 Å². The number of aryl methyl sites for hydroxylation is 1. The molecule has 2 fully saturated rings. The summed E-state index contributed by atoms with van der Waals surface area (Å²) in [6, 6.07) is 4.23. The summed E-state index contributed by atoms with van der Waals surface area (Å²) in [5.41, 5.74) is -1.71. The van der Waals surface area contributed by atoms with Crippen molar-refractivity contribution in [2.45, 2.75) is 76.1 Å². The lowest BCUT2D eigenvalue weighted by atomic mass is 9.87. The van der Waals surface area contributed by atoms with Crippen molar-refractivity contribution in [3.05, 3.63) is 70.0 Å². The SMILES string of the molecule is Cc1cc(F)ccc1C1CC(N(C)C2CCN(C)CC2)CCN1C(=O)N(C)[C@H](C)c1cc(C(F)(F)F)cc(C(F)(F)F)c1. The van der Waals surface area contributed by atoms with Crippen LogP contribution < -0.4 is 0 Å². The Labute approximate surface area is 248 Å². The van der Waals surface area contributed by atoms with Gasteiger partial charge in [-0.25, -0.2) is 9.18 Å². The highest BCUT2D eigenvalue weighted by molar-refractivity contribution is 5.75. The number of urea groups is 1. The molecule has 2 heterocycles. The summed E-state index contributed by atoms with van der Waals surface area (Å²) in [5.74, 6) is -0.411. The van der Waals surface area contributed by atoms with E-state index in [0.717, 1.165) is 31.5 Å². The minimum Gasteiger partial charge on any atom is -0.321 e. The molecule has 2 aromatic carbocycles. The Morgan fingerprint density at radius 2 is 1.44 bits per heavy atom. The van der Waals surface area contributed by atoms with Gasteiger partial charge in [0, 0.05) is 25.7 Å². The number of alkyl halides is 6. The van der Waals surface area contributed by atoms with Crippen LogP contribution in [0.5, 0.6) is 0 Å². The van der Waals surface area contributed by atoms with Crippen molar-refractivity contribution in [2.75, 3.05) is 40.8 Å². The van der Waals surface area contributed by atoms with Gasteiger partial charge in [-0.3, -0.25) is 0 Å². The van der Waals surface area contributed by atoms with Crippen molar-refractivity contribution in [1.82, 2.24) is 19.6 Å². The molecule has 0 spiro atoms. The topological polar surface area (TPSA) is 30.0 Å². The number of halogens is 7. The maximum Gasteiger partial charge on any atom is 0.416 e. The molecule has 2 aliphatic rings. The number of hydrogen-bond acceptors (Lipinski definition) is 3. The average Bonchev–Trinajstić information content (AvgIpc) is 2.94. The molecule has 0 bridgehead atoms. The number of nitrogens with zero attached hydrogens (tertiary/aromatic N) is 4. The van der Waals surface area contributed by atoms with Crippen molar-refractivity contribution < 1.29 is 35.5 Å². The standard InChI is InChI=1S/C31H39F7N4O/c1-19-14-24(32)6-7-27(19)28-18-26(41(5)25-8-11-39(3)12-9-25)10-13-42(28)29(43)40(4)20(2)21-15-22(30(33,34)35)17-23(16-21)31(36,37)38/h6-7,14-17,20,25-26,28H,8-13,18H2,1-5H3/t20-,26?,28?/m1/s1. The Hall–Kier alpha value is -2.86. The van der Waals surface area contributed by atoms with Crippen LogP contribution in [-0.4, -0.2) is 78.5 Å². The lowest BCUT2D eigenvalue weighted by Gasteiger charge is -2.47. The molecule has 12 heteroatoms. The van der Waals surface area contributed by atoms with Crippen molar-refractivity contribution in [2.24, 2.45) is 0 Å². The molecule has 4 rings (SSSR count). The third kappa shape index (κ3) is 7.45. The molecular weight excluding hydrogens is 577 g/mol. The summed E-state index contributed by atoms with van der Waals surface area (Å²) in [6.07, 6.45) is -6.75. The Bertz CT molecular complexity index is 1260. The normalized spacial score (nSPS) is 21.7. The largest absolute Gasteiger partial charge is 0.416 e. The number of hydrogen-bond donors (Lipinski definition) is 0. The van der Waals surface area contributed by atoms with E-state index in [9.17, 15) is 35.5 Å². The number of rotatable bonds is 5. The molecule has 0 aliphatic carbocycles. The monoisotopic (exact) mass is 616 g/mol. The van der Waals surface area contributed by atoms with Gasteiger partial charge in [-0.15, -0.1) is 0 Å². The van der Waals surface area contributed by atoms with E-state index in [0.29, 0.717) is 43.1 Å². The highest BCUT2D eigenvalue weighted by atomic mass is 19.4. The van der Waals surface area contributed by atoms with Crippen molar-refractivity contribution in [3.63, 3.8) is 0 Å². The molecule has 0 saturated carbocycles. The van der Waals surface area contributed by atoms with Crippen LogP contribution in [-0.2, 0) is 12.4 Å². The van der Waals surface area contributed by atoms with Crippen molar-refractivity contribution in [1.29, 1.82) is 0 Å². The Morgan fingerprint density at radius 1 is 0.884 bits per heavy atom. The van der Waals surface area contributed by atoms with E-state index >= 15 is 0 Å². The zero-order valence-corrected chi connectivity index (χ0v) is 25.1. The molecule has 2 aliphatic heterocycles. The second kappa shape index (κ2) is 12.6. The zero-order chi connectivity index (χ0) is 31.9. The molecule has 2 amide bonds. The van der Waals surface area contributed by atoms with Crippen molar-refractivity contribution in [3.8, 4) is 0 Å². The van der Waals surface area contributed by atoms with Gasteiger partial charge in [0.15, 0.2) is 0 Å². The first kappa shape index (κ1) is 33.0. The van der Waals surface area contributed by atoms with Gasteiger partial charge in [0.05, 0.1) is 23.2 Å². The molecule has 2 saturated heterocycles. The van der Waals surface area contributed by atoms with Gasteiger partial charge in [0.2, 0.25) is 0 Å². The first-order valence-corrected chi connectivity index (χ1v) is 14.5. The second-order valence-corrected chi connectivity index (χ2v) is 12.0. The van der Waals surface area contributed by atoms with Gasteiger partial charge in [0.1, 0.15) is 5.82 Å². The summed E-state index contributed by atoms with van der Waals surface area (Å²) in [4.78, 5) is 21.4. The molecule has 0 radical (unpaired) electrons. The molecule has 0 N–H and O–H groups in total. The highest BCUT2D eigenvalue weighted by Gasteiger charge is 2.40. The fraction of sp³-hybridized carbons (Fsp3) is 0.581. The van der Waals surface area contributed by atoms with E-state index in [1.54, 1.807) is 17.9 Å². The smallest absolute Gasteiger partial charge is 0.321 e. The van der Waals surface area contributed by atoms with Crippen LogP contribution in [0.1, 0.15) is 72.5 Å². The van der Waals surface area contributed by atoms with E-state index in [-0.39, 0.29) is 17.7 Å². The van der Waals surface area contributed by atoms with Gasteiger partial charge in [0.25, 0.3) is 0 Å². The van der Waals surface area contributed by atoms with E-state index in [1.807, 2.05) is 0 Å². The van der Waals surface area contributed by atoms with Gasteiger partial charge >= 0.3 is 18.4 Å². The van der Waals surface area contributed by atoms with E-state index < -0.39 is 47.4 Å². The molecule has 5 nitrogen and oxygen atoms in total. The maximum absolute atomic E-state index is 14.0. The fourth-order valence-corrected chi connectivity index (χ4v) is 6.37. The lowest BCUT2D eigenvalue weighted by Crippen LogP contribution is -2.53. The summed E-state index contributed by atoms with van der Waals surface area (Å²) in [5, 5.41) is 0. The van der Waals surface area contributed by atoms with Gasteiger partial charge in [-0.05, 0) is 114 Å². The highest BCUT2D eigenvalue weighted by Crippen LogP contribution is 2.40. The van der Waals surface area contributed by atoms with Crippen LogP contribution in [0.3, 0.4) is 0 Å². The minimum atomic E-state index is -4.99. The Morgan fingerprint density at radius 3 is 1.98 bits per heavy atom. The number of amides is 2. The van der Waals surface area contributed by atoms with Crippen LogP contribution in [0.25, 0.3) is 0 Å². The zero-order valence-electron chi connectivity index (χ0n) is 25.1. The number of likely N-dealkylation sites (tertiary alicyclic amines) is 2. The Balaban J connectivity index is 1.63. The molecule has 0 aromatic heterocycles.